The third-order valence-corrected chi connectivity index (χ3v) is 15.0. The number of guanidine groups is 2. The van der Waals surface area contributed by atoms with Gasteiger partial charge in [0.15, 0.2) is 11.9 Å². The zero-order valence-electron chi connectivity index (χ0n) is 51.0. The molecule has 0 spiro atoms. The van der Waals surface area contributed by atoms with Crippen molar-refractivity contribution in [1.29, 1.82) is 0 Å². The van der Waals surface area contributed by atoms with Gasteiger partial charge in [0.25, 0.3) is 0 Å². The van der Waals surface area contributed by atoms with Gasteiger partial charge >= 0.3 is 5.97 Å². The van der Waals surface area contributed by atoms with Gasteiger partial charge in [-0.3, -0.25) is 48.3 Å². The molecule has 0 saturated heterocycles. The number of hydrogen-bond acceptors (Lipinski definition) is 13. The molecule has 0 saturated carbocycles. The van der Waals surface area contributed by atoms with Crippen molar-refractivity contribution in [3.05, 3.63) is 108 Å². The molecule has 5 rings (SSSR count). The maximum absolute atomic E-state index is 15.0. The van der Waals surface area contributed by atoms with E-state index >= 15 is 4.79 Å². The standard InChI is InChI=1S/C61H87N17O11/c1-7-33(4)49(77-55(84)47(29-38-31-70-42-22-14-12-20-40(38)42)75-58(87)50(35(6)79)78-51(80)34(5)62)57(86)74-46(28-37-30-69-41-21-13-11-19-39(37)41)54(83)76-48(32(2)3)56(85)73-45(27-36-17-9-8-10-18-36)53(82)71-43(23-15-25-67-60(63)64)52(81)72-44(59(88)89)24-16-26-68-61(65)66/h8-14,17-22,30-35,43-50,69-70,79H,7,15-16,23-29,62H2,1-6H3,(H,71,82)(H,72,81)(H,73,85)(H,74,86)(H,75,87)(H,76,83)(H,77,84)(H,78,80)(H,88,89)(H4,63,64,67)(H4,65,66,68)/t33-,34-,35+,43-,44-,45-,46-,47-,48-,49-,50-/m0/s1. The van der Waals surface area contributed by atoms with Crippen LogP contribution in [-0.2, 0) is 62.4 Å². The third kappa shape index (κ3) is 21.4. The van der Waals surface area contributed by atoms with Crippen molar-refractivity contribution >= 4 is 87.0 Å². The number of nitrogens with one attached hydrogen (secondary N) is 10. The Morgan fingerprint density at radius 1 is 0.483 bits per heavy atom. The fraction of sp³-hybridized carbons (Fsp3) is 0.459. The van der Waals surface area contributed by atoms with E-state index in [-0.39, 0.29) is 70.0 Å². The van der Waals surface area contributed by atoms with Crippen molar-refractivity contribution in [1.82, 2.24) is 52.5 Å². The molecule has 0 aliphatic heterocycles. The number of aliphatic hydroxyl groups is 1. The van der Waals surface area contributed by atoms with E-state index in [0.717, 1.165) is 21.8 Å². The van der Waals surface area contributed by atoms with Crippen LogP contribution in [0.5, 0.6) is 0 Å². The number of hydrogen-bond donors (Lipinski definition) is 17. The second-order valence-electron chi connectivity index (χ2n) is 22.5. The number of aliphatic carboxylic acids is 1. The first-order valence-corrected chi connectivity index (χ1v) is 29.6. The summed E-state index contributed by atoms with van der Waals surface area (Å²) >= 11 is 0. The van der Waals surface area contributed by atoms with Gasteiger partial charge in [0.2, 0.25) is 47.3 Å². The number of carbonyl (C=O) groups excluding carboxylic acids is 8. The molecule has 0 bridgehead atoms. The van der Waals surface area contributed by atoms with Crippen molar-refractivity contribution in [3.8, 4) is 0 Å². The van der Waals surface area contributed by atoms with Crippen LogP contribution in [0.2, 0.25) is 0 Å². The van der Waals surface area contributed by atoms with Gasteiger partial charge in [-0.05, 0) is 80.2 Å². The minimum Gasteiger partial charge on any atom is -0.480 e. The number of amides is 8. The molecule has 0 radical (unpaired) electrons. The average Bonchev–Trinajstić information content (AvgIpc) is 2.08. The molecular formula is C61H87N17O11. The molecule has 22 N–H and O–H groups in total. The van der Waals surface area contributed by atoms with Crippen LogP contribution in [0.3, 0.4) is 0 Å². The lowest BCUT2D eigenvalue weighted by molar-refractivity contribution is -0.142. The fourth-order valence-electron chi connectivity index (χ4n) is 9.82. The normalized spacial score (nSPS) is 15.0. The quantitative estimate of drug-likeness (QED) is 0.0134. The Morgan fingerprint density at radius 3 is 1.34 bits per heavy atom. The highest BCUT2D eigenvalue weighted by molar-refractivity contribution is 5.99. The van der Waals surface area contributed by atoms with Crippen molar-refractivity contribution in [2.45, 2.75) is 153 Å². The lowest BCUT2D eigenvalue weighted by Gasteiger charge is -2.30. The number of aliphatic hydroxyl groups excluding tert-OH is 1. The molecule has 0 fully saturated rings. The second-order valence-corrected chi connectivity index (χ2v) is 22.5. The zero-order valence-corrected chi connectivity index (χ0v) is 51.0. The summed E-state index contributed by atoms with van der Waals surface area (Å²) in [6.45, 7) is 9.66. The molecule has 11 atom stereocenters. The van der Waals surface area contributed by atoms with E-state index < -0.39 is 126 Å². The van der Waals surface area contributed by atoms with Crippen LogP contribution in [0.1, 0.15) is 90.3 Å². The summed E-state index contributed by atoms with van der Waals surface area (Å²) in [5.41, 5.74) is 31.0. The van der Waals surface area contributed by atoms with Crippen LogP contribution in [0.25, 0.3) is 21.8 Å². The third-order valence-electron chi connectivity index (χ3n) is 15.0. The molecule has 2 aromatic heterocycles. The molecule has 482 valence electrons. The summed E-state index contributed by atoms with van der Waals surface area (Å²) in [5, 5.41) is 43.7. The van der Waals surface area contributed by atoms with Crippen LogP contribution >= 0.6 is 0 Å². The Morgan fingerprint density at radius 2 is 0.876 bits per heavy atom. The number of carboxylic acid groups (broad SMARTS) is 1. The van der Waals surface area contributed by atoms with Gasteiger partial charge in [0.1, 0.15) is 48.3 Å². The second kappa shape index (κ2) is 34.1. The smallest absolute Gasteiger partial charge is 0.326 e. The van der Waals surface area contributed by atoms with Crippen LogP contribution in [0, 0.1) is 11.8 Å². The molecule has 0 unspecified atom stereocenters. The molecule has 28 nitrogen and oxygen atoms in total. The van der Waals surface area contributed by atoms with Gasteiger partial charge in [0, 0.05) is 66.6 Å². The molecule has 8 amide bonds. The summed E-state index contributed by atoms with van der Waals surface area (Å²) in [7, 11) is 0. The number of aromatic amines is 2. The number of aliphatic imine (C=N–C) groups is 2. The van der Waals surface area contributed by atoms with E-state index in [1.165, 1.54) is 13.8 Å². The summed E-state index contributed by atoms with van der Waals surface area (Å²) in [5.74, 6) is -9.58. The maximum Gasteiger partial charge on any atom is 0.326 e. The lowest BCUT2D eigenvalue weighted by atomic mass is 9.95. The highest BCUT2D eigenvalue weighted by atomic mass is 16.4. The van der Waals surface area contributed by atoms with Crippen LogP contribution < -0.4 is 71.2 Å². The number of nitrogens with zero attached hydrogens (tertiary/aromatic N) is 2. The van der Waals surface area contributed by atoms with Gasteiger partial charge in [-0.2, -0.15) is 0 Å². The first-order valence-electron chi connectivity index (χ1n) is 29.6. The van der Waals surface area contributed by atoms with E-state index in [4.69, 9.17) is 28.7 Å². The molecule has 89 heavy (non-hydrogen) atoms. The Kier molecular flexibility index (Phi) is 26.9. The summed E-state index contributed by atoms with van der Waals surface area (Å²) in [6, 6.07) is 10.9. The maximum atomic E-state index is 15.0. The highest BCUT2D eigenvalue weighted by Gasteiger charge is 2.38. The SMILES string of the molecule is CC[C@H](C)[C@H](NC(=O)[C@H](Cc1c[nH]c2ccccc12)NC(=O)[C@@H](NC(=O)[C@H](C)N)[C@@H](C)O)C(=O)N[C@@H](Cc1c[nH]c2ccccc12)C(=O)N[C@H](C(=O)N[C@@H](Cc1ccccc1)C(=O)N[C@@H](CCCN=C(N)N)C(=O)N[C@@H](CCCN=C(N)N)C(=O)O)C(C)C. The minimum absolute atomic E-state index is 0.0503. The number of H-pyrrole nitrogens is 2. The first kappa shape index (κ1) is 70.2. The number of benzene rings is 3. The molecule has 0 aliphatic rings. The van der Waals surface area contributed by atoms with E-state index in [0.29, 0.717) is 23.1 Å². The Balaban J connectivity index is 1.46. The Labute approximate surface area is 515 Å². The molecular weight excluding hydrogens is 1150 g/mol. The van der Waals surface area contributed by atoms with Crippen molar-refractivity contribution in [3.63, 3.8) is 0 Å². The van der Waals surface area contributed by atoms with Gasteiger partial charge < -0.3 is 91.4 Å². The number of fused-ring (bicyclic) bond motifs is 2. The number of aromatic nitrogens is 2. The van der Waals surface area contributed by atoms with E-state index in [9.17, 15) is 48.6 Å². The summed E-state index contributed by atoms with van der Waals surface area (Å²) in [4.78, 5) is 141. The Hall–Kier alpha value is -9.57. The number of carboxylic acids is 1. The molecule has 0 aliphatic carbocycles. The van der Waals surface area contributed by atoms with Gasteiger partial charge in [-0.1, -0.05) is 101 Å². The van der Waals surface area contributed by atoms with Crippen LogP contribution in [0.4, 0.5) is 0 Å². The van der Waals surface area contributed by atoms with E-state index in [2.05, 4.69) is 62.5 Å². The monoisotopic (exact) mass is 1230 g/mol. The zero-order chi connectivity index (χ0) is 65.5. The van der Waals surface area contributed by atoms with E-state index in [1.54, 1.807) is 82.6 Å². The topological polar surface area (TPSA) is 477 Å². The number of carbonyl (C=O) groups is 9. The number of rotatable bonds is 35. The molecule has 2 heterocycles. The first-order chi connectivity index (χ1) is 42.3. The lowest BCUT2D eigenvalue weighted by Crippen LogP contribution is -2.62. The predicted octanol–water partition coefficient (Wildman–Crippen LogP) is -0.823. The minimum atomic E-state index is -1.53. The average molecular weight is 1230 g/mol. The fourth-order valence-corrected chi connectivity index (χ4v) is 9.82. The van der Waals surface area contributed by atoms with E-state index in [1.807, 2.05) is 36.4 Å². The van der Waals surface area contributed by atoms with Crippen molar-refractivity contribution < 1.29 is 53.4 Å². The number of para-hydroxylation sites is 2. The number of nitrogens with two attached hydrogens (primary N) is 5. The van der Waals surface area contributed by atoms with Crippen LogP contribution in [0.15, 0.2) is 101 Å². The van der Waals surface area contributed by atoms with Gasteiger partial charge in [0.05, 0.1) is 12.1 Å². The summed E-state index contributed by atoms with van der Waals surface area (Å²) < 4.78 is 0. The predicted molar refractivity (Wildman–Crippen MR) is 337 cm³/mol. The summed E-state index contributed by atoms with van der Waals surface area (Å²) in [6.07, 6.45) is 2.13. The largest absolute Gasteiger partial charge is 0.480 e. The molecule has 5 aromatic rings. The van der Waals surface area contributed by atoms with Crippen molar-refractivity contribution in [2.75, 3.05) is 13.1 Å². The highest BCUT2D eigenvalue weighted by Crippen LogP contribution is 2.22. The molecule has 28 heteroatoms. The molecule has 3 aromatic carbocycles. The van der Waals surface area contributed by atoms with Gasteiger partial charge in [-0.15, -0.1) is 0 Å². The Bertz CT molecular complexity index is 3280. The van der Waals surface area contributed by atoms with Gasteiger partial charge in [-0.25, -0.2) is 4.79 Å². The van der Waals surface area contributed by atoms with Crippen molar-refractivity contribution in [2.24, 2.45) is 50.5 Å². The van der Waals surface area contributed by atoms with Crippen LogP contribution in [-0.4, -0.2) is 159 Å².